The van der Waals surface area contributed by atoms with E-state index in [-0.39, 0.29) is 0 Å². The molecule has 0 heterocycles. The van der Waals surface area contributed by atoms with Gasteiger partial charge in [-0.3, -0.25) is 0 Å². The molecule has 12 heavy (non-hydrogen) atoms. The molecule has 0 heteroatoms. The molecule has 0 saturated heterocycles. The maximum atomic E-state index is 2.35. The summed E-state index contributed by atoms with van der Waals surface area (Å²) in [4.78, 5) is 0. The summed E-state index contributed by atoms with van der Waals surface area (Å²) in [5.74, 6) is 3.49. The van der Waals surface area contributed by atoms with E-state index in [1.54, 1.807) is 0 Å². The van der Waals surface area contributed by atoms with Crippen LogP contribution in [-0.4, -0.2) is 0 Å². The van der Waals surface area contributed by atoms with Crippen LogP contribution in [0.5, 0.6) is 0 Å². The Morgan fingerprint density at radius 2 is 1.08 bits per heavy atom. The van der Waals surface area contributed by atoms with Gasteiger partial charge in [0.15, 0.2) is 0 Å². The quantitative estimate of drug-likeness (QED) is 0.575. The Morgan fingerprint density at radius 1 is 0.667 bits per heavy atom. The van der Waals surface area contributed by atoms with Gasteiger partial charge in [-0.15, -0.1) is 0 Å². The highest BCUT2D eigenvalue weighted by Gasteiger charge is 2.16. The second kappa shape index (κ2) is 5.61. The van der Waals surface area contributed by atoms with Gasteiger partial charge in [-0.05, 0) is 30.1 Å². The average molecular weight is 170 g/mol. The average Bonchev–Trinajstić information content (AvgIpc) is 1.84. The summed E-state index contributed by atoms with van der Waals surface area (Å²) in [6, 6.07) is 0. The van der Waals surface area contributed by atoms with Crippen LogP contribution in [0.1, 0.15) is 54.4 Å². The smallest absolute Gasteiger partial charge is 0.0368 e. The van der Waals surface area contributed by atoms with Crippen LogP contribution in [0.2, 0.25) is 0 Å². The molecule has 0 fully saturated rings. The summed E-state index contributed by atoms with van der Waals surface area (Å²) >= 11 is 0. The largest absolute Gasteiger partial charge is 0.0628 e. The molecule has 0 nitrogen and oxygen atoms in total. The molecule has 0 aliphatic heterocycles. The van der Waals surface area contributed by atoms with Gasteiger partial charge >= 0.3 is 0 Å². The van der Waals surface area contributed by atoms with Gasteiger partial charge in [-0.25, -0.2) is 0 Å². The standard InChI is InChI=1S/C12H26/c1-9(2)7-8-12(10(3)4)11(5)6/h9-12H,7-8H2,1-6H3. The maximum absolute atomic E-state index is 2.35. The first-order chi connectivity index (χ1) is 5.45. The van der Waals surface area contributed by atoms with Crippen LogP contribution in [0.4, 0.5) is 0 Å². The maximum Gasteiger partial charge on any atom is -0.0368 e. The molecule has 0 unspecified atom stereocenters. The molecule has 0 rings (SSSR count). The van der Waals surface area contributed by atoms with Crippen molar-refractivity contribution in [1.29, 1.82) is 0 Å². The molecule has 0 atom stereocenters. The fourth-order valence-electron chi connectivity index (χ4n) is 1.96. The Morgan fingerprint density at radius 3 is 1.33 bits per heavy atom. The van der Waals surface area contributed by atoms with Gasteiger partial charge in [0.05, 0.1) is 0 Å². The zero-order chi connectivity index (χ0) is 9.72. The van der Waals surface area contributed by atoms with Crippen LogP contribution in [0.15, 0.2) is 0 Å². The molecular weight excluding hydrogens is 144 g/mol. The topological polar surface area (TPSA) is 0 Å². The van der Waals surface area contributed by atoms with E-state index < -0.39 is 0 Å². The first-order valence-corrected chi connectivity index (χ1v) is 5.45. The number of hydrogen-bond donors (Lipinski definition) is 0. The van der Waals surface area contributed by atoms with Crippen molar-refractivity contribution in [3.8, 4) is 0 Å². The third kappa shape index (κ3) is 4.79. The lowest BCUT2D eigenvalue weighted by Gasteiger charge is -2.25. The molecule has 0 aliphatic carbocycles. The fraction of sp³-hybridized carbons (Fsp3) is 1.00. The second-order valence-electron chi connectivity index (χ2n) is 5.12. The summed E-state index contributed by atoms with van der Waals surface area (Å²) in [5.41, 5.74) is 0. The molecule has 0 saturated carbocycles. The third-order valence-corrected chi connectivity index (χ3v) is 2.79. The predicted octanol–water partition coefficient (Wildman–Crippen LogP) is 4.35. The predicted molar refractivity (Wildman–Crippen MR) is 57.2 cm³/mol. The SMILES string of the molecule is CC(C)CCC(C(C)C)C(C)C. The Kier molecular flexibility index (Phi) is 5.61. The summed E-state index contributed by atoms with van der Waals surface area (Å²) in [6.07, 6.45) is 2.80. The van der Waals surface area contributed by atoms with E-state index in [4.69, 9.17) is 0 Å². The van der Waals surface area contributed by atoms with E-state index in [1.165, 1.54) is 12.8 Å². The van der Waals surface area contributed by atoms with Gasteiger partial charge < -0.3 is 0 Å². The molecule has 74 valence electrons. The molecule has 0 spiro atoms. The van der Waals surface area contributed by atoms with Gasteiger partial charge in [0.25, 0.3) is 0 Å². The van der Waals surface area contributed by atoms with Gasteiger partial charge in [0.1, 0.15) is 0 Å². The van der Waals surface area contributed by atoms with Crippen LogP contribution >= 0.6 is 0 Å². The molecule has 0 N–H and O–H groups in total. The first kappa shape index (κ1) is 12.0. The van der Waals surface area contributed by atoms with Crippen molar-refractivity contribution in [2.45, 2.75) is 54.4 Å². The third-order valence-electron chi connectivity index (χ3n) is 2.79. The van der Waals surface area contributed by atoms with Crippen molar-refractivity contribution in [3.05, 3.63) is 0 Å². The molecule has 0 aliphatic rings. The van der Waals surface area contributed by atoms with Gasteiger partial charge in [-0.2, -0.15) is 0 Å². The minimum Gasteiger partial charge on any atom is -0.0628 e. The van der Waals surface area contributed by atoms with Gasteiger partial charge in [0, 0.05) is 0 Å². The van der Waals surface area contributed by atoms with Crippen LogP contribution < -0.4 is 0 Å². The molecule has 0 aromatic heterocycles. The molecular formula is C12H26. The van der Waals surface area contributed by atoms with Crippen LogP contribution in [0, 0.1) is 23.7 Å². The number of rotatable bonds is 5. The molecule has 0 aromatic carbocycles. The van der Waals surface area contributed by atoms with Crippen molar-refractivity contribution >= 4 is 0 Å². The number of hydrogen-bond acceptors (Lipinski definition) is 0. The minimum absolute atomic E-state index is 0.851. The molecule has 0 amide bonds. The highest BCUT2D eigenvalue weighted by molar-refractivity contribution is 4.67. The summed E-state index contributed by atoms with van der Waals surface area (Å²) < 4.78 is 0. The normalized spacial score (nSPS) is 12.5. The highest BCUT2D eigenvalue weighted by Crippen LogP contribution is 2.26. The van der Waals surface area contributed by atoms with Crippen molar-refractivity contribution in [1.82, 2.24) is 0 Å². The van der Waals surface area contributed by atoms with Crippen molar-refractivity contribution in [3.63, 3.8) is 0 Å². The van der Waals surface area contributed by atoms with Crippen molar-refractivity contribution in [2.24, 2.45) is 23.7 Å². The Hall–Kier alpha value is 0. The second-order valence-corrected chi connectivity index (χ2v) is 5.12. The van der Waals surface area contributed by atoms with E-state index in [0.717, 1.165) is 23.7 Å². The van der Waals surface area contributed by atoms with E-state index in [9.17, 15) is 0 Å². The van der Waals surface area contributed by atoms with E-state index >= 15 is 0 Å². The van der Waals surface area contributed by atoms with Crippen LogP contribution in [0.3, 0.4) is 0 Å². The van der Waals surface area contributed by atoms with Crippen molar-refractivity contribution in [2.75, 3.05) is 0 Å². The summed E-state index contributed by atoms with van der Waals surface area (Å²) in [6.45, 7) is 14.0. The lowest BCUT2D eigenvalue weighted by atomic mass is 9.81. The summed E-state index contributed by atoms with van der Waals surface area (Å²) in [5, 5.41) is 0. The monoisotopic (exact) mass is 170 g/mol. The zero-order valence-electron chi connectivity index (χ0n) is 9.72. The van der Waals surface area contributed by atoms with E-state index in [1.807, 2.05) is 0 Å². The fourth-order valence-corrected chi connectivity index (χ4v) is 1.96. The molecule has 0 aromatic rings. The van der Waals surface area contributed by atoms with Crippen molar-refractivity contribution < 1.29 is 0 Å². The zero-order valence-corrected chi connectivity index (χ0v) is 9.72. The van der Waals surface area contributed by atoms with E-state index in [0.29, 0.717) is 0 Å². The Labute approximate surface area is 78.8 Å². The minimum atomic E-state index is 0.851. The molecule has 0 radical (unpaired) electrons. The Bertz CT molecular complexity index is 92.6. The van der Waals surface area contributed by atoms with Gasteiger partial charge in [-0.1, -0.05) is 48.0 Å². The first-order valence-electron chi connectivity index (χ1n) is 5.45. The summed E-state index contributed by atoms with van der Waals surface area (Å²) in [7, 11) is 0. The van der Waals surface area contributed by atoms with Crippen LogP contribution in [0.25, 0.3) is 0 Å². The Balaban J connectivity index is 3.80. The van der Waals surface area contributed by atoms with Gasteiger partial charge in [0.2, 0.25) is 0 Å². The highest BCUT2D eigenvalue weighted by atomic mass is 14.2. The lowest BCUT2D eigenvalue weighted by molar-refractivity contribution is 0.253. The van der Waals surface area contributed by atoms with Crippen LogP contribution in [-0.2, 0) is 0 Å². The van der Waals surface area contributed by atoms with E-state index in [2.05, 4.69) is 41.5 Å². The lowest BCUT2D eigenvalue weighted by Crippen LogP contribution is -2.16. The molecule has 0 bridgehead atoms.